The zero-order chi connectivity index (χ0) is 13.5. The molecule has 0 fully saturated rings. The van der Waals surface area contributed by atoms with Crippen molar-refractivity contribution in [1.29, 1.82) is 0 Å². The molecule has 0 bridgehead atoms. The molecule has 0 aliphatic heterocycles. The second kappa shape index (κ2) is 8.16. The van der Waals surface area contributed by atoms with Crippen molar-refractivity contribution in [2.45, 2.75) is 20.4 Å². The SMILES string of the molecule is CC(C)CNCCN(C)Cc1cc(Cl)cc(Br)c1. The lowest BCUT2D eigenvalue weighted by molar-refractivity contribution is 0.321. The van der Waals surface area contributed by atoms with Crippen LogP contribution < -0.4 is 5.32 Å². The Labute approximate surface area is 124 Å². The summed E-state index contributed by atoms with van der Waals surface area (Å²) in [6, 6.07) is 6.05. The molecule has 0 spiro atoms. The van der Waals surface area contributed by atoms with Gasteiger partial charge in [0.25, 0.3) is 0 Å². The van der Waals surface area contributed by atoms with Gasteiger partial charge in [-0.25, -0.2) is 0 Å². The Balaban J connectivity index is 2.33. The summed E-state index contributed by atoms with van der Waals surface area (Å²) in [5, 5.41) is 4.23. The van der Waals surface area contributed by atoms with Crippen LogP contribution in [0.2, 0.25) is 5.02 Å². The van der Waals surface area contributed by atoms with Crippen LogP contribution in [0, 0.1) is 5.92 Å². The average Bonchev–Trinajstić information content (AvgIpc) is 2.22. The second-order valence-corrected chi connectivity index (χ2v) is 6.47. The number of benzene rings is 1. The number of hydrogen-bond acceptors (Lipinski definition) is 2. The van der Waals surface area contributed by atoms with E-state index in [1.807, 2.05) is 12.1 Å². The third-order valence-electron chi connectivity index (χ3n) is 2.60. The fourth-order valence-corrected chi connectivity index (χ4v) is 2.68. The van der Waals surface area contributed by atoms with Gasteiger partial charge in [-0.2, -0.15) is 0 Å². The van der Waals surface area contributed by atoms with Crippen molar-refractivity contribution in [2.24, 2.45) is 5.92 Å². The van der Waals surface area contributed by atoms with Crippen LogP contribution in [-0.4, -0.2) is 31.6 Å². The lowest BCUT2D eigenvalue weighted by atomic mass is 10.2. The van der Waals surface area contributed by atoms with E-state index < -0.39 is 0 Å². The molecule has 0 saturated carbocycles. The molecule has 0 saturated heterocycles. The van der Waals surface area contributed by atoms with E-state index in [1.54, 1.807) is 0 Å². The molecule has 0 amide bonds. The molecule has 0 aromatic heterocycles. The van der Waals surface area contributed by atoms with Gasteiger partial charge >= 0.3 is 0 Å². The summed E-state index contributed by atoms with van der Waals surface area (Å²) >= 11 is 9.50. The van der Waals surface area contributed by atoms with Gasteiger partial charge in [0.1, 0.15) is 0 Å². The molecule has 0 atom stereocenters. The maximum atomic E-state index is 6.03. The van der Waals surface area contributed by atoms with Crippen molar-refractivity contribution in [2.75, 3.05) is 26.7 Å². The first-order valence-corrected chi connectivity index (χ1v) is 7.48. The number of nitrogens with zero attached hydrogens (tertiary/aromatic N) is 1. The molecular formula is C14H22BrClN2. The highest BCUT2D eigenvalue weighted by Gasteiger charge is 2.03. The normalized spacial score (nSPS) is 11.5. The molecule has 0 radical (unpaired) electrons. The highest BCUT2D eigenvalue weighted by Crippen LogP contribution is 2.20. The van der Waals surface area contributed by atoms with E-state index >= 15 is 0 Å². The Hall–Kier alpha value is -0.0900. The molecule has 2 nitrogen and oxygen atoms in total. The van der Waals surface area contributed by atoms with Gasteiger partial charge < -0.3 is 10.2 Å². The predicted molar refractivity (Wildman–Crippen MR) is 83.2 cm³/mol. The van der Waals surface area contributed by atoms with Crippen LogP contribution >= 0.6 is 27.5 Å². The fraction of sp³-hybridized carbons (Fsp3) is 0.571. The van der Waals surface area contributed by atoms with Crippen LogP contribution in [0.5, 0.6) is 0 Å². The third-order valence-corrected chi connectivity index (χ3v) is 3.27. The second-order valence-electron chi connectivity index (χ2n) is 5.11. The van der Waals surface area contributed by atoms with Crippen LogP contribution in [0.1, 0.15) is 19.4 Å². The maximum absolute atomic E-state index is 6.03. The van der Waals surface area contributed by atoms with Crippen molar-refractivity contribution in [1.82, 2.24) is 10.2 Å². The van der Waals surface area contributed by atoms with Crippen molar-refractivity contribution < 1.29 is 0 Å². The topological polar surface area (TPSA) is 15.3 Å². The molecule has 4 heteroatoms. The van der Waals surface area contributed by atoms with Gasteiger partial charge in [0.2, 0.25) is 0 Å². The number of likely N-dealkylation sites (N-methyl/N-ethyl adjacent to an activating group) is 1. The van der Waals surface area contributed by atoms with E-state index in [-0.39, 0.29) is 0 Å². The van der Waals surface area contributed by atoms with E-state index in [9.17, 15) is 0 Å². The Morgan fingerprint density at radius 2 is 2.06 bits per heavy atom. The standard InChI is InChI=1S/C14H22BrClN2/c1-11(2)9-17-4-5-18(3)10-12-6-13(15)8-14(16)7-12/h6-8,11,17H,4-5,9-10H2,1-3H3. The summed E-state index contributed by atoms with van der Waals surface area (Å²) < 4.78 is 1.04. The Kier molecular flexibility index (Phi) is 7.23. The summed E-state index contributed by atoms with van der Waals surface area (Å²) in [5.74, 6) is 0.708. The van der Waals surface area contributed by atoms with Crippen molar-refractivity contribution >= 4 is 27.5 Å². The first kappa shape index (κ1) is 16.0. The highest BCUT2D eigenvalue weighted by atomic mass is 79.9. The van der Waals surface area contributed by atoms with E-state index in [1.165, 1.54) is 5.56 Å². The zero-order valence-electron chi connectivity index (χ0n) is 11.3. The van der Waals surface area contributed by atoms with Crippen LogP contribution in [-0.2, 0) is 6.54 Å². The van der Waals surface area contributed by atoms with Crippen molar-refractivity contribution in [3.8, 4) is 0 Å². The van der Waals surface area contributed by atoms with Crippen LogP contribution in [0.15, 0.2) is 22.7 Å². The van der Waals surface area contributed by atoms with Crippen LogP contribution in [0.3, 0.4) is 0 Å². The van der Waals surface area contributed by atoms with Gasteiger partial charge in [-0.1, -0.05) is 41.4 Å². The molecule has 0 unspecified atom stereocenters. The number of halogens is 2. The van der Waals surface area contributed by atoms with Gasteiger partial charge in [0, 0.05) is 29.1 Å². The quantitative estimate of drug-likeness (QED) is 0.764. The zero-order valence-corrected chi connectivity index (χ0v) is 13.7. The molecular weight excluding hydrogens is 312 g/mol. The largest absolute Gasteiger partial charge is 0.315 e. The molecule has 1 N–H and O–H groups in total. The summed E-state index contributed by atoms with van der Waals surface area (Å²) in [7, 11) is 2.13. The molecule has 102 valence electrons. The minimum Gasteiger partial charge on any atom is -0.315 e. The third kappa shape index (κ3) is 6.74. The minimum absolute atomic E-state index is 0.708. The smallest absolute Gasteiger partial charge is 0.0420 e. The van der Waals surface area contributed by atoms with Gasteiger partial charge in [-0.05, 0) is 43.3 Å². The highest BCUT2D eigenvalue weighted by molar-refractivity contribution is 9.10. The van der Waals surface area contributed by atoms with Gasteiger partial charge in [-0.15, -0.1) is 0 Å². The Bertz CT molecular complexity index is 349. The predicted octanol–water partition coefficient (Wildman–Crippen LogP) is 3.78. The van der Waals surface area contributed by atoms with Crippen molar-refractivity contribution in [3.05, 3.63) is 33.3 Å². The van der Waals surface area contributed by atoms with E-state index in [2.05, 4.69) is 53.1 Å². The Morgan fingerprint density at radius 1 is 1.33 bits per heavy atom. The molecule has 18 heavy (non-hydrogen) atoms. The van der Waals surface area contributed by atoms with Gasteiger partial charge in [0.05, 0.1) is 0 Å². The molecule has 1 aromatic rings. The van der Waals surface area contributed by atoms with E-state index in [0.717, 1.165) is 35.7 Å². The molecule has 1 rings (SSSR count). The fourth-order valence-electron chi connectivity index (χ4n) is 1.75. The molecule has 0 aliphatic rings. The summed E-state index contributed by atoms with van der Waals surface area (Å²) in [4.78, 5) is 2.30. The lowest BCUT2D eigenvalue weighted by Gasteiger charge is -2.18. The summed E-state index contributed by atoms with van der Waals surface area (Å²) in [5.41, 5.74) is 1.24. The Morgan fingerprint density at radius 3 is 2.67 bits per heavy atom. The summed E-state index contributed by atoms with van der Waals surface area (Å²) in [6.45, 7) is 8.51. The van der Waals surface area contributed by atoms with E-state index in [4.69, 9.17) is 11.6 Å². The van der Waals surface area contributed by atoms with Gasteiger partial charge in [-0.3, -0.25) is 0 Å². The summed E-state index contributed by atoms with van der Waals surface area (Å²) in [6.07, 6.45) is 0. The molecule has 0 aliphatic carbocycles. The minimum atomic E-state index is 0.708. The number of rotatable bonds is 7. The van der Waals surface area contributed by atoms with Crippen LogP contribution in [0.4, 0.5) is 0 Å². The first-order chi connectivity index (χ1) is 8.47. The number of nitrogens with one attached hydrogen (secondary N) is 1. The average molecular weight is 334 g/mol. The van der Waals surface area contributed by atoms with Crippen molar-refractivity contribution in [3.63, 3.8) is 0 Å². The lowest BCUT2D eigenvalue weighted by Crippen LogP contribution is -2.30. The monoisotopic (exact) mass is 332 g/mol. The number of hydrogen-bond donors (Lipinski definition) is 1. The molecule has 0 heterocycles. The first-order valence-electron chi connectivity index (χ1n) is 6.31. The molecule has 1 aromatic carbocycles. The maximum Gasteiger partial charge on any atom is 0.0420 e. The van der Waals surface area contributed by atoms with Gasteiger partial charge in [0.15, 0.2) is 0 Å². The van der Waals surface area contributed by atoms with Crippen LogP contribution in [0.25, 0.3) is 0 Å². The van der Waals surface area contributed by atoms with E-state index in [0.29, 0.717) is 5.92 Å².